The fourth-order valence-electron chi connectivity index (χ4n) is 4.84. The lowest BCUT2D eigenvalue weighted by molar-refractivity contribution is 0.0944. The Kier molecular flexibility index (Phi) is 6.68. The summed E-state index contributed by atoms with van der Waals surface area (Å²) in [4.78, 5) is 20.1. The molecular weight excluding hydrogens is 488 g/mol. The van der Waals surface area contributed by atoms with Gasteiger partial charge in [-0.25, -0.2) is 4.98 Å². The summed E-state index contributed by atoms with van der Waals surface area (Å²) in [6.07, 6.45) is 4.95. The van der Waals surface area contributed by atoms with Crippen molar-refractivity contribution in [3.63, 3.8) is 0 Å². The number of amides is 1. The van der Waals surface area contributed by atoms with Crippen LogP contribution in [0.25, 0.3) is 5.65 Å². The molecule has 3 heterocycles. The highest BCUT2D eigenvalue weighted by Crippen LogP contribution is 2.30. The van der Waals surface area contributed by atoms with Crippen molar-refractivity contribution in [2.75, 3.05) is 18.0 Å². The highest BCUT2D eigenvalue weighted by Gasteiger charge is 2.21. The lowest BCUT2D eigenvalue weighted by atomic mass is 9.89. The van der Waals surface area contributed by atoms with Gasteiger partial charge in [0.2, 0.25) is 0 Å². The van der Waals surface area contributed by atoms with Gasteiger partial charge in [0.25, 0.3) is 5.91 Å². The first-order valence-electron chi connectivity index (χ1n) is 12.0. The summed E-state index contributed by atoms with van der Waals surface area (Å²) in [6.45, 7) is 4.65. The molecule has 4 aromatic rings. The Bertz CT molecular complexity index is 1280. The predicted octanol–water partition coefficient (Wildman–Crippen LogP) is 5.97. The van der Waals surface area contributed by atoms with Gasteiger partial charge in [-0.2, -0.15) is 0 Å². The molecule has 1 saturated heterocycles. The lowest BCUT2D eigenvalue weighted by Crippen LogP contribution is -2.32. The number of halogens is 1. The van der Waals surface area contributed by atoms with Crippen LogP contribution in [-0.2, 0) is 13.0 Å². The maximum absolute atomic E-state index is 13.0. The SMILES string of the molecule is CCc1nc2cc(Br)ccn2c1C(=O)NCc1ccc(N2CCC(c3ccccc3)CC2)cc1. The van der Waals surface area contributed by atoms with Crippen molar-refractivity contribution in [3.8, 4) is 0 Å². The van der Waals surface area contributed by atoms with E-state index in [4.69, 9.17) is 0 Å². The Morgan fingerprint density at radius 3 is 2.50 bits per heavy atom. The number of hydrogen-bond donors (Lipinski definition) is 1. The van der Waals surface area contributed by atoms with Crippen LogP contribution in [0.5, 0.6) is 0 Å². The third-order valence-electron chi connectivity index (χ3n) is 6.73. The number of hydrogen-bond acceptors (Lipinski definition) is 3. The van der Waals surface area contributed by atoms with Crippen LogP contribution in [0.1, 0.15) is 53.0 Å². The Hall–Kier alpha value is -3.12. The zero-order chi connectivity index (χ0) is 23.5. The number of aryl methyl sites for hydroxylation is 1. The van der Waals surface area contributed by atoms with Crippen LogP contribution in [0, 0.1) is 0 Å². The second-order valence-electron chi connectivity index (χ2n) is 8.85. The van der Waals surface area contributed by atoms with E-state index in [0.717, 1.165) is 34.5 Å². The third kappa shape index (κ3) is 4.73. The van der Waals surface area contributed by atoms with Crippen LogP contribution in [0.4, 0.5) is 5.69 Å². The second kappa shape index (κ2) is 10.0. The Morgan fingerprint density at radius 2 is 1.79 bits per heavy atom. The molecule has 1 aliphatic rings. The molecule has 1 amide bonds. The van der Waals surface area contributed by atoms with E-state index in [-0.39, 0.29) is 5.91 Å². The van der Waals surface area contributed by atoms with Crippen LogP contribution in [-0.4, -0.2) is 28.4 Å². The molecule has 2 aromatic heterocycles. The summed E-state index contributed by atoms with van der Waals surface area (Å²) in [5.41, 5.74) is 6.00. The molecule has 1 fully saturated rings. The fraction of sp³-hybridized carbons (Fsp3) is 0.286. The smallest absolute Gasteiger partial charge is 0.270 e. The number of imidazole rings is 1. The first-order valence-corrected chi connectivity index (χ1v) is 12.7. The molecule has 0 atom stereocenters. The molecule has 6 heteroatoms. The van der Waals surface area contributed by atoms with Crippen LogP contribution in [0.2, 0.25) is 0 Å². The minimum absolute atomic E-state index is 0.0984. The van der Waals surface area contributed by atoms with E-state index in [9.17, 15) is 4.79 Å². The summed E-state index contributed by atoms with van der Waals surface area (Å²) in [7, 11) is 0. The first kappa shape index (κ1) is 22.7. The number of rotatable bonds is 6. The van der Waals surface area contributed by atoms with Crippen LogP contribution < -0.4 is 10.2 Å². The largest absolute Gasteiger partial charge is 0.371 e. The Balaban J connectivity index is 1.20. The summed E-state index contributed by atoms with van der Waals surface area (Å²) in [5, 5.41) is 3.08. The van der Waals surface area contributed by atoms with Gasteiger partial charge in [0.1, 0.15) is 11.3 Å². The number of benzene rings is 2. The van der Waals surface area contributed by atoms with E-state index in [0.29, 0.717) is 24.6 Å². The molecule has 0 spiro atoms. The normalized spacial score (nSPS) is 14.5. The van der Waals surface area contributed by atoms with Crippen molar-refractivity contribution in [1.29, 1.82) is 0 Å². The first-order chi connectivity index (χ1) is 16.6. The van der Waals surface area contributed by atoms with Gasteiger partial charge in [0, 0.05) is 36.0 Å². The van der Waals surface area contributed by atoms with E-state index in [2.05, 4.69) is 85.7 Å². The molecule has 5 rings (SSSR count). The average Bonchev–Trinajstić information content (AvgIpc) is 3.26. The second-order valence-corrected chi connectivity index (χ2v) is 9.77. The Labute approximate surface area is 209 Å². The average molecular weight is 517 g/mol. The summed E-state index contributed by atoms with van der Waals surface area (Å²) >= 11 is 3.48. The highest BCUT2D eigenvalue weighted by atomic mass is 79.9. The molecule has 34 heavy (non-hydrogen) atoms. The molecule has 5 nitrogen and oxygen atoms in total. The number of anilines is 1. The van der Waals surface area contributed by atoms with E-state index in [1.54, 1.807) is 0 Å². The van der Waals surface area contributed by atoms with Crippen LogP contribution in [0.15, 0.2) is 77.4 Å². The molecule has 0 unspecified atom stereocenters. The third-order valence-corrected chi connectivity index (χ3v) is 7.22. The van der Waals surface area contributed by atoms with E-state index < -0.39 is 0 Å². The van der Waals surface area contributed by atoms with Gasteiger partial charge in [0.15, 0.2) is 0 Å². The van der Waals surface area contributed by atoms with Gasteiger partial charge in [-0.1, -0.05) is 65.3 Å². The number of piperidine rings is 1. The number of fused-ring (bicyclic) bond motifs is 1. The van der Waals surface area contributed by atoms with Crippen molar-refractivity contribution >= 4 is 33.2 Å². The summed E-state index contributed by atoms with van der Waals surface area (Å²) in [6, 6.07) is 23.3. The number of nitrogens with zero attached hydrogens (tertiary/aromatic N) is 3. The van der Waals surface area contributed by atoms with Crippen molar-refractivity contribution in [3.05, 3.63) is 99.9 Å². The number of pyridine rings is 1. The number of aromatic nitrogens is 2. The van der Waals surface area contributed by atoms with Crippen molar-refractivity contribution in [2.24, 2.45) is 0 Å². The van der Waals surface area contributed by atoms with Gasteiger partial charge in [0.05, 0.1) is 5.69 Å². The monoisotopic (exact) mass is 516 g/mol. The maximum Gasteiger partial charge on any atom is 0.270 e. The van der Waals surface area contributed by atoms with Crippen molar-refractivity contribution in [2.45, 2.75) is 38.6 Å². The number of carbonyl (C=O) groups is 1. The molecule has 0 aliphatic carbocycles. The zero-order valence-corrected chi connectivity index (χ0v) is 21.0. The minimum atomic E-state index is -0.0984. The molecule has 0 radical (unpaired) electrons. The lowest BCUT2D eigenvalue weighted by Gasteiger charge is -2.34. The topological polar surface area (TPSA) is 49.6 Å². The standard InChI is InChI=1S/C28H29BrN4O/c1-2-25-27(33-17-14-23(29)18-26(33)31-25)28(34)30-19-20-8-10-24(11-9-20)32-15-12-22(13-16-32)21-6-4-3-5-7-21/h3-11,14,17-18,22H,2,12-13,15-16,19H2,1H3,(H,30,34). The Morgan fingerprint density at radius 1 is 1.06 bits per heavy atom. The molecule has 0 bridgehead atoms. The van der Waals surface area contributed by atoms with E-state index >= 15 is 0 Å². The van der Waals surface area contributed by atoms with Gasteiger partial charge in [-0.15, -0.1) is 0 Å². The number of nitrogens with one attached hydrogen (secondary N) is 1. The van der Waals surface area contributed by atoms with Gasteiger partial charge in [-0.05, 0) is 60.6 Å². The van der Waals surface area contributed by atoms with Gasteiger partial charge >= 0.3 is 0 Å². The zero-order valence-electron chi connectivity index (χ0n) is 19.4. The van der Waals surface area contributed by atoms with Gasteiger partial charge in [-0.3, -0.25) is 9.20 Å². The number of carbonyl (C=O) groups excluding carboxylic acids is 1. The molecular formula is C28H29BrN4O. The van der Waals surface area contributed by atoms with Crippen LogP contribution >= 0.6 is 15.9 Å². The highest BCUT2D eigenvalue weighted by molar-refractivity contribution is 9.10. The van der Waals surface area contributed by atoms with Crippen LogP contribution in [0.3, 0.4) is 0 Å². The maximum atomic E-state index is 13.0. The molecule has 1 aliphatic heterocycles. The van der Waals surface area contributed by atoms with E-state index in [1.165, 1.54) is 24.1 Å². The summed E-state index contributed by atoms with van der Waals surface area (Å²) in [5.74, 6) is 0.555. The molecule has 174 valence electrons. The predicted molar refractivity (Wildman–Crippen MR) is 141 cm³/mol. The molecule has 0 saturated carbocycles. The fourth-order valence-corrected chi connectivity index (χ4v) is 5.17. The minimum Gasteiger partial charge on any atom is -0.371 e. The van der Waals surface area contributed by atoms with Crippen molar-refractivity contribution in [1.82, 2.24) is 14.7 Å². The summed E-state index contributed by atoms with van der Waals surface area (Å²) < 4.78 is 2.81. The molecule has 1 N–H and O–H groups in total. The van der Waals surface area contributed by atoms with Gasteiger partial charge < -0.3 is 10.2 Å². The van der Waals surface area contributed by atoms with Crippen molar-refractivity contribution < 1.29 is 4.79 Å². The van der Waals surface area contributed by atoms with E-state index in [1.807, 2.05) is 29.7 Å². The molecule has 2 aromatic carbocycles. The quantitative estimate of drug-likeness (QED) is 0.343.